The van der Waals surface area contributed by atoms with Gasteiger partial charge < -0.3 is 10.6 Å². The van der Waals surface area contributed by atoms with E-state index >= 15 is 0 Å². The first kappa shape index (κ1) is 12.5. The van der Waals surface area contributed by atoms with Gasteiger partial charge in [0.25, 0.3) is 0 Å². The summed E-state index contributed by atoms with van der Waals surface area (Å²) in [5, 5.41) is 6.20. The van der Waals surface area contributed by atoms with Crippen LogP contribution in [0.5, 0.6) is 0 Å². The number of carbonyl (C=O) groups is 1. The third-order valence-corrected chi connectivity index (χ3v) is 2.80. The summed E-state index contributed by atoms with van der Waals surface area (Å²) in [7, 11) is 1.69. The Morgan fingerprint density at radius 2 is 2.00 bits per heavy atom. The van der Waals surface area contributed by atoms with Crippen LogP contribution in [0.1, 0.15) is 26.7 Å². The van der Waals surface area contributed by atoms with Crippen LogP contribution in [0.2, 0.25) is 0 Å². The summed E-state index contributed by atoms with van der Waals surface area (Å²) in [6, 6.07) is 1.19. The molecule has 88 valence electrons. The highest BCUT2D eigenvalue weighted by Crippen LogP contribution is 2.10. The van der Waals surface area contributed by atoms with Gasteiger partial charge in [-0.25, -0.2) is 0 Å². The molecule has 1 amide bonds. The van der Waals surface area contributed by atoms with E-state index in [0.717, 1.165) is 25.9 Å². The summed E-state index contributed by atoms with van der Waals surface area (Å²) in [5.41, 5.74) is 0. The molecular formula is C11H23N3O. The molecule has 1 aliphatic heterocycles. The minimum atomic E-state index is 0.116. The maximum absolute atomic E-state index is 11.2. The van der Waals surface area contributed by atoms with Gasteiger partial charge in [0.05, 0.1) is 6.54 Å². The van der Waals surface area contributed by atoms with Crippen molar-refractivity contribution in [2.24, 2.45) is 0 Å². The van der Waals surface area contributed by atoms with Crippen molar-refractivity contribution in [1.29, 1.82) is 0 Å². The van der Waals surface area contributed by atoms with Crippen molar-refractivity contribution in [3.05, 3.63) is 0 Å². The van der Waals surface area contributed by atoms with Gasteiger partial charge in [-0.3, -0.25) is 9.69 Å². The van der Waals surface area contributed by atoms with Crippen LogP contribution >= 0.6 is 0 Å². The number of rotatable bonds is 4. The fourth-order valence-corrected chi connectivity index (χ4v) is 2.01. The molecule has 0 unspecified atom stereocenters. The number of amides is 1. The Labute approximate surface area is 92.4 Å². The highest BCUT2D eigenvalue weighted by molar-refractivity contribution is 5.77. The van der Waals surface area contributed by atoms with E-state index in [1.165, 1.54) is 0 Å². The first-order valence-corrected chi connectivity index (χ1v) is 5.80. The summed E-state index contributed by atoms with van der Waals surface area (Å²) in [6.45, 7) is 6.95. The quantitative estimate of drug-likeness (QED) is 0.701. The number of hydrogen-bond acceptors (Lipinski definition) is 3. The van der Waals surface area contributed by atoms with Crippen molar-refractivity contribution < 1.29 is 4.79 Å². The fraction of sp³-hybridized carbons (Fsp3) is 0.909. The first-order chi connectivity index (χ1) is 7.11. The molecule has 0 aromatic heterocycles. The maximum atomic E-state index is 11.2. The van der Waals surface area contributed by atoms with Crippen LogP contribution in [0.25, 0.3) is 0 Å². The number of likely N-dealkylation sites (N-methyl/N-ethyl adjacent to an activating group) is 1. The third kappa shape index (κ3) is 4.62. The van der Waals surface area contributed by atoms with Crippen LogP contribution in [0.15, 0.2) is 0 Å². The molecule has 0 aromatic carbocycles. The van der Waals surface area contributed by atoms with Gasteiger partial charge in [0.15, 0.2) is 0 Å². The van der Waals surface area contributed by atoms with Crippen LogP contribution in [0.3, 0.4) is 0 Å². The van der Waals surface area contributed by atoms with Crippen LogP contribution in [-0.2, 0) is 4.79 Å². The molecule has 0 radical (unpaired) electrons. The second kappa shape index (κ2) is 6.08. The van der Waals surface area contributed by atoms with Gasteiger partial charge in [-0.1, -0.05) is 13.8 Å². The van der Waals surface area contributed by atoms with Crippen molar-refractivity contribution >= 4 is 5.91 Å². The predicted octanol–water partition coefficient (Wildman–Crippen LogP) is 0.195. The number of nitrogens with zero attached hydrogens (tertiary/aromatic N) is 1. The lowest BCUT2D eigenvalue weighted by molar-refractivity contribution is -0.122. The molecule has 0 spiro atoms. The van der Waals surface area contributed by atoms with Crippen molar-refractivity contribution in [3.63, 3.8) is 0 Å². The molecule has 0 saturated carbocycles. The topological polar surface area (TPSA) is 44.4 Å². The average Bonchev–Trinajstić information content (AvgIpc) is 2.20. The van der Waals surface area contributed by atoms with Crippen LogP contribution in [-0.4, -0.2) is 49.6 Å². The Morgan fingerprint density at radius 1 is 1.40 bits per heavy atom. The lowest BCUT2D eigenvalue weighted by atomic mass is 10.0. The number of nitrogens with one attached hydrogen (secondary N) is 2. The Kier molecular flexibility index (Phi) is 5.05. The highest BCUT2D eigenvalue weighted by Gasteiger charge is 2.20. The van der Waals surface area contributed by atoms with Crippen molar-refractivity contribution in [3.8, 4) is 0 Å². The molecule has 1 saturated heterocycles. The van der Waals surface area contributed by atoms with E-state index in [1.807, 2.05) is 0 Å². The second-order valence-corrected chi connectivity index (χ2v) is 4.54. The van der Waals surface area contributed by atoms with Gasteiger partial charge in [-0.15, -0.1) is 0 Å². The van der Waals surface area contributed by atoms with E-state index in [9.17, 15) is 4.79 Å². The van der Waals surface area contributed by atoms with Crippen LogP contribution in [0.4, 0.5) is 0 Å². The van der Waals surface area contributed by atoms with Crippen molar-refractivity contribution in [1.82, 2.24) is 15.5 Å². The monoisotopic (exact) mass is 213 g/mol. The summed E-state index contributed by atoms with van der Waals surface area (Å²) in [5.74, 6) is 0.116. The Balaban J connectivity index is 2.20. The van der Waals surface area contributed by atoms with Gasteiger partial charge in [0.1, 0.15) is 0 Å². The zero-order valence-corrected chi connectivity index (χ0v) is 10.0. The Morgan fingerprint density at radius 3 is 2.47 bits per heavy atom. The van der Waals surface area contributed by atoms with Gasteiger partial charge in [0, 0.05) is 32.2 Å². The predicted molar refractivity (Wildman–Crippen MR) is 61.8 cm³/mol. The van der Waals surface area contributed by atoms with Gasteiger partial charge >= 0.3 is 0 Å². The normalized spacial score (nSPS) is 19.5. The van der Waals surface area contributed by atoms with E-state index in [4.69, 9.17) is 0 Å². The first-order valence-electron chi connectivity index (χ1n) is 5.80. The zero-order chi connectivity index (χ0) is 11.3. The smallest absolute Gasteiger partial charge is 0.233 e. The average molecular weight is 213 g/mol. The van der Waals surface area contributed by atoms with Crippen molar-refractivity contribution in [2.75, 3.05) is 26.7 Å². The number of piperidine rings is 1. The van der Waals surface area contributed by atoms with E-state index in [0.29, 0.717) is 18.6 Å². The lowest BCUT2D eigenvalue weighted by Gasteiger charge is -2.32. The third-order valence-electron chi connectivity index (χ3n) is 2.80. The molecule has 0 atom stereocenters. The second-order valence-electron chi connectivity index (χ2n) is 4.54. The van der Waals surface area contributed by atoms with Gasteiger partial charge in [-0.05, 0) is 12.8 Å². The van der Waals surface area contributed by atoms with Gasteiger partial charge in [-0.2, -0.15) is 0 Å². The molecule has 0 aliphatic carbocycles. The number of carbonyl (C=O) groups excluding carboxylic acids is 1. The minimum absolute atomic E-state index is 0.116. The summed E-state index contributed by atoms with van der Waals surface area (Å²) in [6.07, 6.45) is 2.30. The standard InChI is InChI=1S/C11H23N3O/c1-9(2)13-10-4-6-14(7-5-10)8-11(15)12-3/h9-10,13H,4-8H2,1-3H3,(H,12,15). The van der Waals surface area contributed by atoms with E-state index < -0.39 is 0 Å². The fourth-order valence-electron chi connectivity index (χ4n) is 2.01. The SMILES string of the molecule is CNC(=O)CN1CCC(NC(C)C)CC1. The van der Waals surface area contributed by atoms with Crippen molar-refractivity contribution in [2.45, 2.75) is 38.8 Å². The molecule has 1 heterocycles. The Bertz CT molecular complexity index is 198. The molecule has 4 heteroatoms. The largest absolute Gasteiger partial charge is 0.358 e. The molecule has 1 rings (SSSR count). The molecular weight excluding hydrogens is 190 g/mol. The summed E-state index contributed by atoms with van der Waals surface area (Å²) >= 11 is 0. The van der Waals surface area contributed by atoms with E-state index in [1.54, 1.807) is 7.05 Å². The molecule has 4 nitrogen and oxygen atoms in total. The molecule has 15 heavy (non-hydrogen) atoms. The zero-order valence-electron chi connectivity index (χ0n) is 10.0. The number of likely N-dealkylation sites (tertiary alicyclic amines) is 1. The summed E-state index contributed by atoms with van der Waals surface area (Å²) < 4.78 is 0. The maximum Gasteiger partial charge on any atom is 0.233 e. The minimum Gasteiger partial charge on any atom is -0.358 e. The highest BCUT2D eigenvalue weighted by atomic mass is 16.1. The van der Waals surface area contributed by atoms with E-state index in [2.05, 4.69) is 29.4 Å². The lowest BCUT2D eigenvalue weighted by Crippen LogP contribution is -2.47. The molecule has 0 bridgehead atoms. The van der Waals surface area contributed by atoms with Gasteiger partial charge in [0.2, 0.25) is 5.91 Å². The Hall–Kier alpha value is -0.610. The molecule has 0 aromatic rings. The summed E-state index contributed by atoms with van der Waals surface area (Å²) in [4.78, 5) is 13.4. The molecule has 2 N–H and O–H groups in total. The van der Waals surface area contributed by atoms with E-state index in [-0.39, 0.29) is 5.91 Å². The molecule has 1 aliphatic rings. The number of hydrogen-bond donors (Lipinski definition) is 2. The van der Waals surface area contributed by atoms with Crippen LogP contribution in [0, 0.1) is 0 Å². The molecule has 1 fully saturated rings. The van der Waals surface area contributed by atoms with Crippen LogP contribution < -0.4 is 10.6 Å².